The van der Waals surface area contributed by atoms with E-state index in [0.29, 0.717) is 0 Å². The van der Waals surface area contributed by atoms with Gasteiger partial charge in [-0.25, -0.2) is 0 Å². The van der Waals surface area contributed by atoms with Crippen LogP contribution in [0.25, 0.3) is 0 Å². The Balaban J connectivity index is 0.000000490. The van der Waals surface area contributed by atoms with Crippen molar-refractivity contribution < 1.29 is 0 Å². The fraction of sp³-hybridized carbons (Fsp3) is 1.00. The zero-order chi connectivity index (χ0) is 5.49. The van der Waals surface area contributed by atoms with Crippen LogP contribution in [0.1, 0.15) is 41.0 Å². The molecule has 0 N–H and O–H groups in total. The van der Waals surface area contributed by atoms with Crippen molar-refractivity contribution in [2.45, 2.75) is 41.0 Å². The maximum atomic E-state index is 2.37. The van der Waals surface area contributed by atoms with Gasteiger partial charge in [-0.2, -0.15) is 0 Å². The van der Waals surface area contributed by atoms with Gasteiger partial charge in [0.1, 0.15) is 0 Å². The van der Waals surface area contributed by atoms with Crippen LogP contribution in [0.5, 0.6) is 0 Å². The molecule has 0 saturated heterocycles. The van der Waals surface area contributed by atoms with Crippen LogP contribution >= 0.6 is 0 Å². The van der Waals surface area contributed by atoms with E-state index < -0.39 is 0 Å². The topological polar surface area (TPSA) is 0 Å². The van der Waals surface area contributed by atoms with Crippen LogP contribution in [-0.4, -0.2) is 0 Å². The Kier molecular flexibility index (Phi) is 2.08. The summed E-state index contributed by atoms with van der Waals surface area (Å²) in [7, 11) is 0. The maximum Gasteiger partial charge on any atom is -0.0302 e. The molecule has 50 valence electrons. The monoisotopic (exact) mass is 114 g/mol. The van der Waals surface area contributed by atoms with Gasteiger partial charge in [-0.3, -0.25) is 0 Å². The molecule has 0 aliphatic heterocycles. The van der Waals surface area contributed by atoms with E-state index in [2.05, 4.69) is 20.8 Å². The van der Waals surface area contributed by atoms with E-state index in [9.17, 15) is 0 Å². The van der Waals surface area contributed by atoms with Crippen LogP contribution in [-0.2, 0) is 0 Å². The Bertz CT molecular complexity index is 68.1. The van der Waals surface area contributed by atoms with Crippen molar-refractivity contribution >= 4 is 0 Å². The van der Waals surface area contributed by atoms with Gasteiger partial charge >= 0.3 is 0 Å². The van der Waals surface area contributed by atoms with Gasteiger partial charge in [0.15, 0.2) is 0 Å². The standard InChI is InChI=1S/C7H14.CH4/c1-6(2)7(3)4-5-7;/h6H,4-5H2,1-3H3;1H4. The third kappa shape index (κ3) is 1.24. The molecule has 0 atom stereocenters. The summed E-state index contributed by atoms with van der Waals surface area (Å²) in [6.07, 6.45) is 2.93. The molecule has 1 saturated carbocycles. The van der Waals surface area contributed by atoms with Crippen LogP contribution in [0.2, 0.25) is 0 Å². The molecule has 0 amide bonds. The first-order valence-electron chi connectivity index (χ1n) is 3.15. The van der Waals surface area contributed by atoms with Crippen molar-refractivity contribution in [1.82, 2.24) is 0 Å². The first-order chi connectivity index (χ1) is 3.15. The minimum Gasteiger partial charge on any atom is -0.0776 e. The van der Waals surface area contributed by atoms with Gasteiger partial charge in [-0.15, -0.1) is 0 Å². The van der Waals surface area contributed by atoms with Crippen LogP contribution in [0.3, 0.4) is 0 Å². The van der Waals surface area contributed by atoms with E-state index in [1.165, 1.54) is 12.8 Å². The SMILES string of the molecule is C.CC(C)C1(C)CC1. The van der Waals surface area contributed by atoms with E-state index in [0.717, 1.165) is 11.3 Å². The Morgan fingerprint density at radius 2 is 1.62 bits per heavy atom. The second-order valence-corrected chi connectivity index (χ2v) is 3.31. The summed E-state index contributed by atoms with van der Waals surface area (Å²) in [5, 5.41) is 0. The maximum absolute atomic E-state index is 2.37. The zero-order valence-corrected chi connectivity index (χ0v) is 5.49. The third-order valence-electron chi connectivity index (χ3n) is 2.43. The molecule has 1 aliphatic carbocycles. The number of rotatable bonds is 1. The van der Waals surface area contributed by atoms with Crippen LogP contribution in [0.15, 0.2) is 0 Å². The molecule has 0 bridgehead atoms. The van der Waals surface area contributed by atoms with Gasteiger partial charge in [0.05, 0.1) is 0 Å². The Hall–Kier alpha value is 0. The lowest BCUT2D eigenvalue weighted by atomic mass is 9.95. The van der Waals surface area contributed by atoms with E-state index in [-0.39, 0.29) is 7.43 Å². The summed E-state index contributed by atoms with van der Waals surface area (Å²) in [4.78, 5) is 0. The summed E-state index contributed by atoms with van der Waals surface area (Å²) in [6, 6.07) is 0. The fourth-order valence-electron chi connectivity index (χ4n) is 0.775. The lowest BCUT2D eigenvalue weighted by molar-refractivity contribution is 0.397. The minimum atomic E-state index is 0. The quantitative estimate of drug-likeness (QED) is 0.491. The molecule has 0 spiro atoms. The molecule has 0 unspecified atom stereocenters. The van der Waals surface area contributed by atoms with Crippen LogP contribution in [0, 0.1) is 11.3 Å². The summed E-state index contributed by atoms with van der Waals surface area (Å²) in [5.74, 6) is 0.910. The van der Waals surface area contributed by atoms with Crippen molar-refractivity contribution in [2.75, 3.05) is 0 Å². The molecule has 0 aromatic rings. The summed E-state index contributed by atoms with van der Waals surface area (Å²) >= 11 is 0. The highest BCUT2D eigenvalue weighted by molar-refractivity contribution is 4.90. The molecule has 0 aromatic carbocycles. The smallest absolute Gasteiger partial charge is 0.0302 e. The highest BCUT2D eigenvalue weighted by Gasteiger charge is 2.39. The van der Waals surface area contributed by atoms with Crippen molar-refractivity contribution in [2.24, 2.45) is 11.3 Å². The van der Waals surface area contributed by atoms with E-state index in [4.69, 9.17) is 0 Å². The van der Waals surface area contributed by atoms with Crippen LogP contribution in [0.4, 0.5) is 0 Å². The molecule has 0 aromatic heterocycles. The van der Waals surface area contributed by atoms with Crippen molar-refractivity contribution in [3.63, 3.8) is 0 Å². The predicted molar refractivity (Wildman–Crippen MR) is 38.9 cm³/mol. The molecular weight excluding hydrogens is 96.1 g/mol. The lowest BCUT2D eigenvalue weighted by Crippen LogP contribution is -2.01. The fourth-order valence-corrected chi connectivity index (χ4v) is 0.775. The van der Waals surface area contributed by atoms with Gasteiger partial charge in [0.2, 0.25) is 0 Å². The Morgan fingerprint density at radius 1 is 1.25 bits per heavy atom. The Morgan fingerprint density at radius 3 is 1.62 bits per heavy atom. The van der Waals surface area contributed by atoms with E-state index in [1.807, 2.05) is 0 Å². The average Bonchev–Trinajstić information content (AvgIpc) is 2.21. The largest absolute Gasteiger partial charge is 0.0776 e. The first kappa shape index (κ1) is 8.00. The second kappa shape index (κ2) is 2.08. The molecular formula is C8H18. The molecule has 0 heterocycles. The molecule has 8 heavy (non-hydrogen) atoms. The highest BCUT2D eigenvalue weighted by atomic mass is 14.4. The van der Waals surface area contributed by atoms with Crippen LogP contribution < -0.4 is 0 Å². The van der Waals surface area contributed by atoms with Gasteiger partial charge < -0.3 is 0 Å². The molecule has 0 radical (unpaired) electrons. The van der Waals surface area contributed by atoms with E-state index >= 15 is 0 Å². The van der Waals surface area contributed by atoms with Crippen molar-refractivity contribution in [1.29, 1.82) is 0 Å². The summed E-state index contributed by atoms with van der Waals surface area (Å²) in [5.41, 5.74) is 0.750. The molecule has 1 rings (SSSR count). The second-order valence-electron chi connectivity index (χ2n) is 3.31. The average molecular weight is 114 g/mol. The van der Waals surface area contributed by atoms with Crippen molar-refractivity contribution in [3.05, 3.63) is 0 Å². The van der Waals surface area contributed by atoms with Gasteiger partial charge in [-0.1, -0.05) is 28.2 Å². The lowest BCUT2D eigenvalue weighted by Gasteiger charge is -2.10. The zero-order valence-electron chi connectivity index (χ0n) is 5.49. The highest BCUT2D eigenvalue weighted by Crippen LogP contribution is 2.50. The minimum absolute atomic E-state index is 0. The molecule has 1 aliphatic rings. The van der Waals surface area contributed by atoms with E-state index in [1.54, 1.807) is 0 Å². The molecule has 1 fully saturated rings. The normalized spacial score (nSPS) is 22.5. The summed E-state index contributed by atoms with van der Waals surface area (Å²) < 4.78 is 0. The predicted octanol–water partition coefficient (Wildman–Crippen LogP) is 3.08. The van der Waals surface area contributed by atoms with Gasteiger partial charge in [0.25, 0.3) is 0 Å². The third-order valence-corrected chi connectivity index (χ3v) is 2.43. The number of hydrogen-bond acceptors (Lipinski definition) is 0. The molecule has 0 nitrogen and oxygen atoms in total. The summed E-state index contributed by atoms with van der Waals surface area (Å²) in [6.45, 7) is 7.00. The van der Waals surface area contributed by atoms with Gasteiger partial charge in [-0.05, 0) is 24.2 Å². The molecule has 0 heteroatoms. The number of hydrogen-bond donors (Lipinski definition) is 0. The van der Waals surface area contributed by atoms with Gasteiger partial charge in [0, 0.05) is 0 Å². The first-order valence-corrected chi connectivity index (χ1v) is 3.15. The van der Waals surface area contributed by atoms with Crippen molar-refractivity contribution in [3.8, 4) is 0 Å². The Labute approximate surface area is 53.3 Å².